The second-order valence-corrected chi connectivity index (χ2v) is 9.44. The number of piperidine rings is 1. The molecule has 2 aromatic carbocycles. The molecule has 2 heterocycles. The molecule has 0 saturated carbocycles. The highest BCUT2D eigenvalue weighted by atomic mass is 35.5. The number of piperazine rings is 1. The Morgan fingerprint density at radius 2 is 1.58 bits per heavy atom. The Morgan fingerprint density at radius 1 is 0.909 bits per heavy atom. The SMILES string of the molecule is CC(=O)N1CCN(C(=O)[C@@H]2CC[C@@H](c3cccc(C)c3)N(C(=O)c3ccc(Cl)cc3)C2)CC1. The summed E-state index contributed by atoms with van der Waals surface area (Å²) in [5.41, 5.74) is 2.81. The normalized spacial score (nSPS) is 21.1. The van der Waals surface area contributed by atoms with Crippen LogP contribution < -0.4 is 0 Å². The molecule has 0 radical (unpaired) electrons. The van der Waals surface area contributed by atoms with Crippen molar-refractivity contribution in [1.29, 1.82) is 0 Å². The number of halogens is 1. The minimum Gasteiger partial charge on any atom is -0.339 e. The molecule has 0 N–H and O–H groups in total. The second-order valence-electron chi connectivity index (χ2n) is 9.00. The van der Waals surface area contributed by atoms with E-state index < -0.39 is 0 Å². The van der Waals surface area contributed by atoms with Crippen molar-refractivity contribution in [2.75, 3.05) is 32.7 Å². The second kappa shape index (κ2) is 9.96. The first-order valence-corrected chi connectivity index (χ1v) is 11.9. The van der Waals surface area contributed by atoms with Gasteiger partial charge in [-0.2, -0.15) is 0 Å². The van der Waals surface area contributed by atoms with Crippen molar-refractivity contribution in [2.24, 2.45) is 5.92 Å². The van der Waals surface area contributed by atoms with Crippen molar-refractivity contribution in [2.45, 2.75) is 32.7 Å². The predicted molar refractivity (Wildman–Crippen MR) is 128 cm³/mol. The van der Waals surface area contributed by atoms with E-state index in [-0.39, 0.29) is 29.7 Å². The number of benzene rings is 2. The quantitative estimate of drug-likeness (QED) is 0.687. The van der Waals surface area contributed by atoms with Gasteiger partial charge in [-0.15, -0.1) is 0 Å². The first-order valence-electron chi connectivity index (χ1n) is 11.5. The number of carbonyl (C=O) groups excluding carboxylic acids is 3. The monoisotopic (exact) mass is 467 g/mol. The van der Waals surface area contributed by atoms with Gasteiger partial charge in [0.25, 0.3) is 5.91 Å². The van der Waals surface area contributed by atoms with Crippen LogP contribution >= 0.6 is 11.6 Å². The third kappa shape index (κ3) is 5.22. The Hall–Kier alpha value is -2.86. The molecule has 0 spiro atoms. The van der Waals surface area contributed by atoms with Gasteiger partial charge < -0.3 is 14.7 Å². The third-order valence-electron chi connectivity index (χ3n) is 6.75. The van der Waals surface area contributed by atoms with E-state index in [1.54, 1.807) is 36.1 Å². The Kier molecular flexibility index (Phi) is 7.03. The topological polar surface area (TPSA) is 60.9 Å². The van der Waals surface area contributed by atoms with Gasteiger partial charge >= 0.3 is 0 Å². The maximum Gasteiger partial charge on any atom is 0.254 e. The van der Waals surface area contributed by atoms with Gasteiger partial charge in [0.05, 0.1) is 12.0 Å². The number of rotatable bonds is 3. The summed E-state index contributed by atoms with van der Waals surface area (Å²) in [7, 11) is 0. The van der Waals surface area contributed by atoms with Crippen LogP contribution in [0.2, 0.25) is 5.02 Å². The molecule has 2 atom stereocenters. The summed E-state index contributed by atoms with van der Waals surface area (Å²) in [5, 5.41) is 0.582. The minimum absolute atomic E-state index is 0.0421. The molecule has 0 aromatic heterocycles. The fourth-order valence-corrected chi connectivity index (χ4v) is 5.01. The van der Waals surface area contributed by atoms with E-state index in [1.807, 2.05) is 28.9 Å². The van der Waals surface area contributed by atoms with Gasteiger partial charge in [-0.25, -0.2) is 0 Å². The Bertz CT molecular complexity index is 1030. The molecule has 2 aliphatic rings. The van der Waals surface area contributed by atoms with Crippen LogP contribution in [-0.4, -0.2) is 65.1 Å². The molecule has 2 fully saturated rings. The lowest BCUT2D eigenvalue weighted by molar-refractivity contribution is -0.142. The zero-order valence-electron chi connectivity index (χ0n) is 19.2. The van der Waals surface area contributed by atoms with Crippen molar-refractivity contribution in [1.82, 2.24) is 14.7 Å². The molecule has 7 heteroatoms. The standard InChI is InChI=1S/C26H30ClN3O3/c1-18-4-3-5-21(16-18)24-11-8-22(25(32)29-14-12-28(13-15-29)19(2)31)17-30(24)26(33)20-6-9-23(27)10-7-20/h3-7,9-10,16,22,24H,8,11-15,17H2,1-2H3/t22-,24+/m1/s1. The predicted octanol–water partition coefficient (Wildman–Crippen LogP) is 3.93. The van der Waals surface area contributed by atoms with E-state index in [9.17, 15) is 14.4 Å². The van der Waals surface area contributed by atoms with Crippen LogP contribution in [-0.2, 0) is 9.59 Å². The van der Waals surface area contributed by atoms with Gasteiger partial charge in [0.15, 0.2) is 0 Å². The van der Waals surface area contributed by atoms with Gasteiger partial charge in [-0.3, -0.25) is 14.4 Å². The molecule has 6 nitrogen and oxygen atoms in total. The summed E-state index contributed by atoms with van der Waals surface area (Å²) in [6.07, 6.45) is 1.46. The Labute approximate surface area is 200 Å². The number of likely N-dealkylation sites (tertiary alicyclic amines) is 1. The Morgan fingerprint density at radius 3 is 2.21 bits per heavy atom. The maximum absolute atomic E-state index is 13.6. The molecule has 0 aliphatic carbocycles. The number of hydrogen-bond donors (Lipinski definition) is 0. The molecule has 2 aliphatic heterocycles. The number of amides is 3. The summed E-state index contributed by atoms with van der Waals surface area (Å²) >= 11 is 6.03. The van der Waals surface area contributed by atoms with E-state index in [0.29, 0.717) is 43.3 Å². The number of nitrogens with zero attached hydrogens (tertiary/aromatic N) is 3. The fraction of sp³-hybridized carbons (Fsp3) is 0.423. The highest BCUT2D eigenvalue weighted by Gasteiger charge is 2.38. The van der Waals surface area contributed by atoms with E-state index in [0.717, 1.165) is 24.0 Å². The van der Waals surface area contributed by atoms with E-state index in [4.69, 9.17) is 11.6 Å². The molecule has 33 heavy (non-hydrogen) atoms. The van der Waals surface area contributed by atoms with Crippen LogP contribution in [0.4, 0.5) is 0 Å². The molecule has 0 unspecified atom stereocenters. The van der Waals surface area contributed by atoms with Crippen molar-refractivity contribution in [3.8, 4) is 0 Å². The fourth-order valence-electron chi connectivity index (χ4n) is 4.88. The minimum atomic E-state index is -0.244. The van der Waals surface area contributed by atoms with E-state index in [2.05, 4.69) is 12.1 Å². The molecule has 2 aromatic rings. The largest absolute Gasteiger partial charge is 0.339 e. The van der Waals surface area contributed by atoms with Crippen LogP contribution in [0.3, 0.4) is 0 Å². The number of carbonyl (C=O) groups is 3. The summed E-state index contributed by atoms with van der Waals surface area (Å²) in [6, 6.07) is 15.1. The smallest absolute Gasteiger partial charge is 0.254 e. The summed E-state index contributed by atoms with van der Waals surface area (Å²) in [5.74, 6) is -0.210. The maximum atomic E-state index is 13.6. The molecule has 4 rings (SSSR count). The van der Waals surface area contributed by atoms with Crippen LogP contribution in [0.5, 0.6) is 0 Å². The van der Waals surface area contributed by atoms with Crippen LogP contribution in [0.1, 0.15) is 47.3 Å². The molecule has 174 valence electrons. The first-order chi connectivity index (χ1) is 15.8. The van der Waals surface area contributed by atoms with Crippen molar-refractivity contribution >= 4 is 29.3 Å². The molecule has 3 amide bonds. The molecular formula is C26H30ClN3O3. The van der Waals surface area contributed by atoms with Crippen LogP contribution in [0.15, 0.2) is 48.5 Å². The van der Waals surface area contributed by atoms with E-state index in [1.165, 1.54) is 0 Å². The zero-order chi connectivity index (χ0) is 23.5. The average molecular weight is 468 g/mol. The van der Waals surface area contributed by atoms with Gasteiger partial charge in [-0.05, 0) is 49.6 Å². The van der Waals surface area contributed by atoms with Crippen LogP contribution in [0.25, 0.3) is 0 Å². The molecule has 0 bridgehead atoms. The lowest BCUT2D eigenvalue weighted by Gasteiger charge is -2.42. The summed E-state index contributed by atoms with van der Waals surface area (Å²) < 4.78 is 0. The van der Waals surface area contributed by atoms with Gasteiger partial charge in [0, 0.05) is 50.2 Å². The average Bonchev–Trinajstić information content (AvgIpc) is 2.83. The van der Waals surface area contributed by atoms with E-state index >= 15 is 0 Å². The number of aryl methyl sites for hydroxylation is 1. The molecular weight excluding hydrogens is 438 g/mol. The molecule has 2 saturated heterocycles. The summed E-state index contributed by atoms with van der Waals surface area (Å²) in [6.45, 7) is 6.20. The van der Waals surface area contributed by atoms with Gasteiger partial charge in [0.2, 0.25) is 11.8 Å². The van der Waals surface area contributed by atoms with Crippen molar-refractivity contribution < 1.29 is 14.4 Å². The van der Waals surface area contributed by atoms with Crippen molar-refractivity contribution in [3.05, 3.63) is 70.2 Å². The summed E-state index contributed by atoms with van der Waals surface area (Å²) in [4.78, 5) is 44.0. The van der Waals surface area contributed by atoms with Crippen molar-refractivity contribution in [3.63, 3.8) is 0 Å². The van der Waals surface area contributed by atoms with Gasteiger partial charge in [0.1, 0.15) is 0 Å². The lowest BCUT2D eigenvalue weighted by atomic mass is 9.87. The Balaban J connectivity index is 1.55. The van der Waals surface area contributed by atoms with Gasteiger partial charge in [-0.1, -0.05) is 41.4 Å². The highest BCUT2D eigenvalue weighted by molar-refractivity contribution is 6.30. The number of hydrogen-bond acceptors (Lipinski definition) is 3. The first kappa shape index (κ1) is 23.3. The zero-order valence-corrected chi connectivity index (χ0v) is 19.9. The lowest BCUT2D eigenvalue weighted by Crippen LogP contribution is -2.54. The highest BCUT2D eigenvalue weighted by Crippen LogP contribution is 2.36. The van der Waals surface area contributed by atoms with Crippen LogP contribution in [0, 0.1) is 12.8 Å². The third-order valence-corrected chi connectivity index (χ3v) is 7.00.